The Morgan fingerprint density at radius 2 is 1.96 bits per heavy atom. The molecule has 1 aliphatic rings. The highest BCUT2D eigenvalue weighted by Crippen LogP contribution is 2.27. The number of ether oxygens (including phenoxy) is 2. The quantitative estimate of drug-likeness (QED) is 0.317. The van der Waals surface area contributed by atoms with Crippen molar-refractivity contribution < 1.29 is 9.47 Å². The smallest absolute Gasteiger partial charge is 0.191 e. The average Bonchev–Trinajstić information content (AvgIpc) is 3.13. The van der Waals surface area contributed by atoms with E-state index in [1.165, 1.54) is 24.9 Å². The molecular weight excluding hydrogens is 455 g/mol. The normalized spacial score (nSPS) is 17.3. The molecule has 1 aromatic rings. The molecule has 0 amide bonds. The summed E-state index contributed by atoms with van der Waals surface area (Å²) in [5, 5.41) is 6.78. The summed E-state index contributed by atoms with van der Waals surface area (Å²) in [6, 6.07) is 6.64. The van der Waals surface area contributed by atoms with Crippen LogP contribution < -0.4 is 20.1 Å². The summed E-state index contributed by atoms with van der Waals surface area (Å²) in [7, 11) is 3.32. The molecule has 0 aromatic heterocycles. The first-order valence-corrected chi connectivity index (χ1v) is 9.68. The molecule has 1 heterocycles. The second kappa shape index (κ2) is 13.0. The zero-order valence-corrected chi connectivity index (χ0v) is 19.4. The number of methoxy groups -OCH3 is 2. The molecule has 154 valence electrons. The van der Waals surface area contributed by atoms with Crippen LogP contribution in [-0.4, -0.2) is 63.8 Å². The third-order valence-corrected chi connectivity index (χ3v) is 4.86. The van der Waals surface area contributed by atoms with Crippen LogP contribution in [0.4, 0.5) is 0 Å². The van der Waals surface area contributed by atoms with E-state index in [-0.39, 0.29) is 24.0 Å². The highest BCUT2D eigenvalue weighted by molar-refractivity contribution is 14.0. The Bertz CT molecular complexity index is 583. The van der Waals surface area contributed by atoms with Crippen LogP contribution in [0.3, 0.4) is 0 Å². The fourth-order valence-corrected chi connectivity index (χ4v) is 3.42. The highest BCUT2D eigenvalue weighted by Gasteiger charge is 2.22. The van der Waals surface area contributed by atoms with E-state index in [2.05, 4.69) is 35.4 Å². The molecule has 0 spiro atoms. The van der Waals surface area contributed by atoms with Crippen molar-refractivity contribution in [1.29, 1.82) is 0 Å². The van der Waals surface area contributed by atoms with Gasteiger partial charge in [-0.2, -0.15) is 0 Å². The maximum atomic E-state index is 5.37. The van der Waals surface area contributed by atoms with Crippen molar-refractivity contribution in [3.05, 3.63) is 23.8 Å². The Hall–Kier alpha value is -1.22. The SMILES string of the molecule is CCNC(=NCC1CCCN1CC)NCCc1ccc(OC)c(OC)c1.I. The van der Waals surface area contributed by atoms with Gasteiger partial charge in [0.1, 0.15) is 0 Å². The maximum Gasteiger partial charge on any atom is 0.191 e. The minimum absolute atomic E-state index is 0. The number of guanidine groups is 1. The fourth-order valence-electron chi connectivity index (χ4n) is 3.42. The van der Waals surface area contributed by atoms with Crippen molar-refractivity contribution >= 4 is 29.9 Å². The monoisotopic (exact) mass is 490 g/mol. The molecule has 2 rings (SSSR count). The first-order valence-electron chi connectivity index (χ1n) is 9.68. The van der Waals surface area contributed by atoms with Gasteiger partial charge in [-0.3, -0.25) is 9.89 Å². The van der Waals surface area contributed by atoms with Gasteiger partial charge in [-0.05, 0) is 57.0 Å². The van der Waals surface area contributed by atoms with Gasteiger partial charge in [-0.25, -0.2) is 0 Å². The van der Waals surface area contributed by atoms with Gasteiger partial charge in [-0.15, -0.1) is 24.0 Å². The lowest BCUT2D eigenvalue weighted by atomic mass is 10.1. The number of hydrogen-bond acceptors (Lipinski definition) is 4. The van der Waals surface area contributed by atoms with E-state index in [1.807, 2.05) is 12.1 Å². The van der Waals surface area contributed by atoms with Gasteiger partial charge in [0.25, 0.3) is 0 Å². The van der Waals surface area contributed by atoms with E-state index < -0.39 is 0 Å². The van der Waals surface area contributed by atoms with Crippen LogP contribution in [-0.2, 0) is 6.42 Å². The molecule has 1 saturated heterocycles. The first kappa shape index (κ1) is 23.8. The number of nitrogens with one attached hydrogen (secondary N) is 2. The van der Waals surface area contributed by atoms with Crippen LogP contribution in [0.1, 0.15) is 32.3 Å². The third-order valence-electron chi connectivity index (χ3n) is 4.86. The predicted molar refractivity (Wildman–Crippen MR) is 123 cm³/mol. The third kappa shape index (κ3) is 7.37. The van der Waals surface area contributed by atoms with Crippen molar-refractivity contribution in [2.45, 2.75) is 39.2 Å². The van der Waals surface area contributed by atoms with E-state index in [0.717, 1.165) is 50.1 Å². The van der Waals surface area contributed by atoms with E-state index >= 15 is 0 Å². The standard InChI is InChI=1S/C20H34N4O2.HI/c1-5-21-20(23-15-17-8-7-13-24(17)6-2)22-12-11-16-9-10-18(25-3)19(14-16)26-4;/h9-10,14,17H,5-8,11-13,15H2,1-4H3,(H2,21,22,23);1H. The van der Waals surface area contributed by atoms with Crippen LogP contribution in [0.15, 0.2) is 23.2 Å². The van der Waals surface area contributed by atoms with Crippen LogP contribution >= 0.6 is 24.0 Å². The fraction of sp³-hybridized carbons (Fsp3) is 0.650. The minimum Gasteiger partial charge on any atom is -0.493 e. The zero-order valence-electron chi connectivity index (χ0n) is 17.1. The lowest BCUT2D eigenvalue weighted by molar-refractivity contribution is 0.273. The van der Waals surface area contributed by atoms with E-state index in [9.17, 15) is 0 Å². The zero-order chi connectivity index (χ0) is 18.8. The Morgan fingerprint density at radius 3 is 2.63 bits per heavy atom. The Kier molecular flexibility index (Phi) is 11.5. The summed E-state index contributed by atoms with van der Waals surface area (Å²) in [6.07, 6.45) is 3.44. The molecule has 2 N–H and O–H groups in total. The first-order chi connectivity index (χ1) is 12.7. The molecule has 6 nitrogen and oxygen atoms in total. The predicted octanol–water partition coefficient (Wildman–Crippen LogP) is 2.90. The Labute approximate surface area is 181 Å². The van der Waals surface area contributed by atoms with E-state index in [1.54, 1.807) is 14.2 Å². The summed E-state index contributed by atoms with van der Waals surface area (Å²) in [6.45, 7) is 9.20. The van der Waals surface area contributed by atoms with E-state index in [0.29, 0.717) is 6.04 Å². The minimum atomic E-state index is 0. The van der Waals surface area contributed by atoms with Crippen molar-refractivity contribution in [2.75, 3.05) is 46.9 Å². The largest absolute Gasteiger partial charge is 0.493 e. The summed E-state index contributed by atoms with van der Waals surface area (Å²) in [4.78, 5) is 7.32. The molecule has 0 radical (unpaired) electrons. The summed E-state index contributed by atoms with van der Waals surface area (Å²) < 4.78 is 10.7. The van der Waals surface area contributed by atoms with Crippen LogP contribution in [0.5, 0.6) is 11.5 Å². The van der Waals surface area contributed by atoms with Crippen molar-refractivity contribution in [2.24, 2.45) is 4.99 Å². The van der Waals surface area contributed by atoms with Crippen LogP contribution in [0.2, 0.25) is 0 Å². The summed E-state index contributed by atoms with van der Waals surface area (Å²) in [5.41, 5.74) is 1.21. The van der Waals surface area contributed by atoms with Crippen molar-refractivity contribution in [1.82, 2.24) is 15.5 Å². The molecule has 1 aromatic carbocycles. The molecule has 7 heteroatoms. The van der Waals surface area contributed by atoms with Gasteiger partial charge in [-0.1, -0.05) is 13.0 Å². The number of benzene rings is 1. The lowest BCUT2D eigenvalue weighted by Gasteiger charge is -2.21. The molecule has 1 fully saturated rings. The van der Waals surface area contributed by atoms with Crippen molar-refractivity contribution in [3.63, 3.8) is 0 Å². The number of halogens is 1. The molecular formula is C20H35IN4O2. The number of nitrogens with zero attached hydrogens (tertiary/aromatic N) is 2. The Morgan fingerprint density at radius 1 is 1.19 bits per heavy atom. The topological polar surface area (TPSA) is 58.1 Å². The highest BCUT2D eigenvalue weighted by atomic mass is 127. The molecule has 0 aliphatic carbocycles. The second-order valence-electron chi connectivity index (χ2n) is 6.51. The Balaban J connectivity index is 0.00000364. The molecule has 1 unspecified atom stereocenters. The van der Waals surface area contributed by atoms with Gasteiger partial charge in [0, 0.05) is 19.1 Å². The van der Waals surface area contributed by atoms with Gasteiger partial charge in [0.2, 0.25) is 0 Å². The summed E-state index contributed by atoms with van der Waals surface area (Å²) in [5.74, 6) is 2.43. The average molecular weight is 490 g/mol. The van der Waals surface area contributed by atoms with Gasteiger partial charge in [0.05, 0.1) is 20.8 Å². The molecule has 27 heavy (non-hydrogen) atoms. The number of likely N-dealkylation sites (tertiary alicyclic amines) is 1. The van der Waals surface area contributed by atoms with Gasteiger partial charge >= 0.3 is 0 Å². The molecule has 1 aliphatic heterocycles. The lowest BCUT2D eigenvalue weighted by Crippen LogP contribution is -2.40. The second-order valence-corrected chi connectivity index (χ2v) is 6.51. The number of likely N-dealkylation sites (N-methyl/N-ethyl adjacent to an activating group) is 1. The van der Waals surface area contributed by atoms with Gasteiger partial charge in [0.15, 0.2) is 17.5 Å². The number of rotatable bonds is 9. The molecule has 0 saturated carbocycles. The van der Waals surface area contributed by atoms with Gasteiger partial charge < -0.3 is 20.1 Å². The summed E-state index contributed by atoms with van der Waals surface area (Å²) >= 11 is 0. The van der Waals surface area contributed by atoms with E-state index in [4.69, 9.17) is 14.5 Å². The van der Waals surface area contributed by atoms with Crippen LogP contribution in [0, 0.1) is 0 Å². The van der Waals surface area contributed by atoms with Crippen LogP contribution in [0.25, 0.3) is 0 Å². The maximum absolute atomic E-state index is 5.37. The number of aliphatic imine (C=N–C) groups is 1. The number of hydrogen-bond donors (Lipinski definition) is 2. The van der Waals surface area contributed by atoms with Crippen molar-refractivity contribution in [3.8, 4) is 11.5 Å². The molecule has 0 bridgehead atoms. The molecule has 1 atom stereocenters.